The first-order valence-electron chi connectivity index (χ1n) is 7.05. The molecule has 1 aromatic rings. The molecule has 1 unspecified atom stereocenters. The number of benzene rings is 1. The van der Waals surface area contributed by atoms with Crippen molar-refractivity contribution in [2.75, 3.05) is 6.54 Å². The van der Waals surface area contributed by atoms with Crippen LogP contribution in [-0.4, -0.2) is 28.3 Å². The number of amides is 1. The van der Waals surface area contributed by atoms with E-state index in [9.17, 15) is 15.0 Å². The van der Waals surface area contributed by atoms with E-state index >= 15 is 0 Å². The lowest BCUT2D eigenvalue weighted by atomic mass is 9.95. The summed E-state index contributed by atoms with van der Waals surface area (Å²) >= 11 is 0. The van der Waals surface area contributed by atoms with Crippen LogP contribution in [0.2, 0.25) is 0 Å². The molecule has 0 saturated heterocycles. The van der Waals surface area contributed by atoms with Crippen molar-refractivity contribution in [3.63, 3.8) is 0 Å². The van der Waals surface area contributed by atoms with Crippen LogP contribution in [0.25, 0.3) is 0 Å². The van der Waals surface area contributed by atoms with Gasteiger partial charge in [0.2, 0.25) is 5.91 Å². The summed E-state index contributed by atoms with van der Waals surface area (Å²) in [6.07, 6.45) is 1.79. The van der Waals surface area contributed by atoms with Crippen LogP contribution in [0.15, 0.2) is 24.3 Å². The summed E-state index contributed by atoms with van der Waals surface area (Å²) in [4.78, 5) is 11.8. The summed E-state index contributed by atoms with van der Waals surface area (Å²) in [7, 11) is 0. The van der Waals surface area contributed by atoms with E-state index in [1.165, 1.54) is 0 Å². The second kappa shape index (κ2) is 7.29. The Morgan fingerprint density at radius 3 is 2.70 bits per heavy atom. The van der Waals surface area contributed by atoms with Gasteiger partial charge in [-0.2, -0.15) is 0 Å². The lowest BCUT2D eigenvalue weighted by Crippen LogP contribution is -2.41. The number of aromatic hydroxyl groups is 1. The molecule has 112 valence electrons. The van der Waals surface area contributed by atoms with Gasteiger partial charge in [0.25, 0.3) is 0 Å². The highest BCUT2D eigenvalue weighted by molar-refractivity contribution is 5.78. The Kier molecular flexibility index (Phi) is 6.02. The molecule has 0 bridgehead atoms. The van der Waals surface area contributed by atoms with E-state index in [1.54, 1.807) is 31.2 Å². The zero-order chi connectivity index (χ0) is 15.2. The van der Waals surface area contributed by atoms with E-state index in [0.29, 0.717) is 12.3 Å². The van der Waals surface area contributed by atoms with Gasteiger partial charge >= 0.3 is 0 Å². The third kappa shape index (κ3) is 6.57. The van der Waals surface area contributed by atoms with Crippen molar-refractivity contribution in [2.45, 2.75) is 45.6 Å². The van der Waals surface area contributed by atoms with Crippen LogP contribution >= 0.6 is 0 Å². The third-order valence-corrected chi connectivity index (χ3v) is 3.20. The maximum absolute atomic E-state index is 11.8. The Morgan fingerprint density at radius 1 is 1.40 bits per heavy atom. The van der Waals surface area contributed by atoms with Crippen molar-refractivity contribution in [2.24, 2.45) is 5.92 Å². The molecular weight excluding hydrogens is 254 g/mol. The van der Waals surface area contributed by atoms with Gasteiger partial charge in [-0.05, 0) is 43.4 Å². The lowest BCUT2D eigenvalue weighted by Gasteiger charge is -2.24. The van der Waals surface area contributed by atoms with E-state index in [2.05, 4.69) is 19.2 Å². The molecule has 1 rings (SSSR count). The number of aliphatic hydroxyl groups is 1. The summed E-state index contributed by atoms with van der Waals surface area (Å²) in [5.41, 5.74) is -0.122. The Hall–Kier alpha value is -1.55. The predicted octanol–water partition coefficient (Wildman–Crippen LogP) is 2.24. The van der Waals surface area contributed by atoms with E-state index in [1.807, 2.05) is 0 Å². The fraction of sp³-hybridized carbons (Fsp3) is 0.562. The smallest absolute Gasteiger partial charge is 0.224 e. The molecule has 0 aliphatic heterocycles. The average Bonchev–Trinajstić information content (AvgIpc) is 2.34. The molecule has 0 spiro atoms. The largest absolute Gasteiger partial charge is 0.508 e. The minimum absolute atomic E-state index is 0.152. The second-order valence-corrected chi connectivity index (χ2v) is 6.05. The topological polar surface area (TPSA) is 69.6 Å². The summed E-state index contributed by atoms with van der Waals surface area (Å²) in [6, 6.07) is 6.63. The monoisotopic (exact) mass is 279 g/mol. The maximum Gasteiger partial charge on any atom is 0.224 e. The highest BCUT2D eigenvalue weighted by Gasteiger charge is 2.21. The van der Waals surface area contributed by atoms with Crippen molar-refractivity contribution >= 4 is 5.91 Å². The molecular formula is C16H25NO3. The van der Waals surface area contributed by atoms with Crippen LogP contribution < -0.4 is 5.32 Å². The number of hydrogen-bond donors (Lipinski definition) is 3. The molecule has 1 amide bonds. The van der Waals surface area contributed by atoms with Crippen molar-refractivity contribution in [3.05, 3.63) is 29.8 Å². The number of rotatable bonds is 7. The number of nitrogens with one attached hydrogen (secondary N) is 1. The van der Waals surface area contributed by atoms with Crippen molar-refractivity contribution in [3.8, 4) is 5.75 Å². The summed E-state index contributed by atoms with van der Waals surface area (Å²) < 4.78 is 0. The zero-order valence-electron chi connectivity index (χ0n) is 12.5. The average molecular weight is 279 g/mol. The first kappa shape index (κ1) is 16.5. The van der Waals surface area contributed by atoms with Gasteiger partial charge in [0.1, 0.15) is 5.75 Å². The quantitative estimate of drug-likeness (QED) is 0.717. The van der Waals surface area contributed by atoms with Crippen LogP contribution in [0.4, 0.5) is 0 Å². The molecule has 4 nitrogen and oxygen atoms in total. The molecule has 1 atom stereocenters. The number of hydrogen-bond acceptors (Lipinski definition) is 3. The molecule has 3 N–H and O–H groups in total. The minimum atomic E-state index is -0.876. The van der Waals surface area contributed by atoms with Gasteiger partial charge in [-0.15, -0.1) is 0 Å². The van der Waals surface area contributed by atoms with Crippen LogP contribution in [-0.2, 0) is 11.2 Å². The molecule has 20 heavy (non-hydrogen) atoms. The number of phenols is 1. The Balaban J connectivity index is 2.39. The summed E-state index contributed by atoms with van der Waals surface area (Å²) in [6.45, 7) is 6.20. The minimum Gasteiger partial charge on any atom is -0.508 e. The molecule has 0 aromatic heterocycles. The van der Waals surface area contributed by atoms with E-state index < -0.39 is 5.60 Å². The molecule has 1 aromatic carbocycles. The fourth-order valence-electron chi connectivity index (χ4n) is 1.89. The van der Waals surface area contributed by atoms with Gasteiger partial charge in [0.05, 0.1) is 12.0 Å². The van der Waals surface area contributed by atoms with Crippen molar-refractivity contribution in [1.82, 2.24) is 5.32 Å². The number of phenolic OH excluding ortho intramolecular Hbond substituents is 1. The van der Waals surface area contributed by atoms with Crippen LogP contribution in [0.5, 0.6) is 5.75 Å². The molecule has 0 fully saturated rings. The highest BCUT2D eigenvalue weighted by atomic mass is 16.3. The highest BCUT2D eigenvalue weighted by Crippen LogP contribution is 2.16. The predicted molar refractivity (Wildman–Crippen MR) is 79.5 cm³/mol. The molecule has 0 radical (unpaired) electrons. The van der Waals surface area contributed by atoms with Gasteiger partial charge in [-0.1, -0.05) is 26.0 Å². The molecule has 0 aliphatic carbocycles. The zero-order valence-corrected chi connectivity index (χ0v) is 12.5. The molecule has 0 aliphatic rings. The van der Waals surface area contributed by atoms with Crippen molar-refractivity contribution in [1.29, 1.82) is 0 Å². The molecule has 0 saturated carbocycles. The Bertz CT molecular complexity index is 441. The lowest BCUT2D eigenvalue weighted by molar-refractivity contribution is -0.121. The fourth-order valence-corrected chi connectivity index (χ4v) is 1.89. The van der Waals surface area contributed by atoms with E-state index in [-0.39, 0.29) is 24.6 Å². The Labute approximate surface area is 120 Å². The molecule has 0 heterocycles. The van der Waals surface area contributed by atoms with Gasteiger partial charge in [-0.25, -0.2) is 0 Å². The standard InChI is InChI=1S/C16H25NO3/c1-12(2)7-8-16(3,20)11-17-15(19)10-13-5-4-6-14(18)9-13/h4-6,9,12,18,20H,7-8,10-11H2,1-3H3,(H,17,19). The van der Waals surface area contributed by atoms with Gasteiger partial charge in [-0.3, -0.25) is 4.79 Å². The molecule has 4 heteroatoms. The Morgan fingerprint density at radius 2 is 2.10 bits per heavy atom. The first-order valence-corrected chi connectivity index (χ1v) is 7.05. The van der Waals surface area contributed by atoms with Gasteiger partial charge in [0.15, 0.2) is 0 Å². The van der Waals surface area contributed by atoms with Gasteiger partial charge < -0.3 is 15.5 Å². The second-order valence-electron chi connectivity index (χ2n) is 6.05. The maximum atomic E-state index is 11.8. The SMILES string of the molecule is CC(C)CCC(C)(O)CNC(=O)Cc1cccc(O)c1. The third-order valence-electron chi connectivity index (χ3n) is 3.20. The number of carbonyl (C=O) groups excluding carboxylic acids is 1. The van der Waals surface area contributed by atoms with Crippen LogP contribution in [0.1, 0.15) is 39.2 Å². The normalized spacial score (nSPS) is 14.1. The van der Waals surface area contributed by atoms with E-state index in [0.717, 1.165) is 12.0 Å². The van der Waals surface area contributed by atoms with Crippen LogP contribution in [0.3, 0.4) is 0 Å². The first-order chi connectivity index (χ1) is 9.28. The van der Waals surface area contributed by atoms with E-state index in [4.69, 9.17) is 0 Å². The number of carbonyl (C=O) groups is 1. The van der Waals surface area contributed by atoms with Crippen LogP contribution in [0, 0.1) is 5.92 Å². The van der Waals surface area contributed by atoms with Crippen molar-refractivity contribution < 1.29 is 15.0 Å². The summed E-state index contributed by atoms with van der Waals surface area (Å²) in [5.74, 6) is 0.532. The van der Waals surface area contributed by atoms with Gasteiger partial charge in [0, 0.05) is 6.54 Å². The summed E-state index contributed by atoms with van der Waals surface area (Å²) in [5, 5.41) is 22.2.